The van der Waals surface area contributed by atoms with E-state index in [1.54, 1.807) is 33.3 Å². The predicted molar refractivity (Wildman–Crippen MR) is 114 cm³/mol. The molecule has 1 aliphatic rings. The number of ether oxygens (including phenoxy) is 3. The number of amides is 2. The van der Waals surface area contributed by atoms with Crippen molar-refractivity contribution in [3.8, 4) is 22.6 Å². The lowest BCUT2D eigenvalue weighted by atomic mass is 9.95. The van der Waals surface area contributed by atoms with Crippen molar-refractivity contribution in [2.24, 2.45) is 0 Å². The van der Waals surface area contributed by atoms with Gasteiger partial charge in [-0.05, 0) is 42.3 Å². The van der Waals surface area contributed by atoms with E-state index in [9.17, 15) is 14.4 Å². The van der Waals surface area contributed by atoms with Crippen LogP contribution in [0, 0.1) is 0 Å². The number of carbonyl (C=O) groups is 3. The van der Waals surface area contributed by atoms with Crippen molar-refractivity contribution < 1.29 is 28.6 Å². The van der Waals surface area contributed by atoms with Gasteiger partial charge < -0.3 is 24.8 Å². The van der Waals surface area contributed by atoms with Gasteiger partial charge in [-0.15, -0.1) is 0 Å². The maximum Gasteiger partial charge on any atom is 0.328 e. The van der Waals surface area contributed by atoms with E-state index in [-0.39, 0.29) is 18.7 Å². The van der Waals surface area contributed by atoms with Crippen molar-refractivity contribution in [1.29, 1.82) is 0 Å². The van der Waals surface area contributed by atoms with E-state index in [0.29, 0.717) is 11.5 Å². The molecule has 1 heterocycles. The standard InChI is InChI=1S/C23H26N2O6/c1-13-22(27)25-18(23(28)31-4)11-14-5-7-19(29-2)16(9-14)17-10-15(12-21(26)24-13)6-8-20(17)30-3/h5-10,13,18H,11-12H2,1-4H3,(H,24,26)(H,25,27). The molecule has 2 amide bonds. The van der Waals surface area contributed by atoms with Crippen LogP contribution in [0.25, 0.3) is 11.1 Å². The highest BCUT2D eigenvalue weighted by atomic mass is 16.5. The first-order valence-electron chi connectivity index (χ1n) is 9.88. The monoisotopic (exact) mass is 426 g/mol. The Kier molecular flexibility index (Phi) is 6.79. The molecule has 2 aromatic rings. The molecule has 31 heavy (non-hydrogen) atoms. The van der Waals surface area contributed by atoms with Gasteiger partial charge in [0, 0.05) is 17.5 Å². The van der Waals surface area contributed by atoms with Crippen LogP contribution >= 0.6 is 0 Å². The molecule has 3 rings (SSSR count). The summed E-state index contributed by atoms with van der Waals surface area (Å²) in [5.74, 6) is -0.118. The third-order valence-electron chi connectivity index (χ3n) is 5.20. The number of benzene rings is 2. The SMILES string of the molecule is COC(=O)C1Cc2ccc(OC)c(c2)-c2cc(ccc2OC)CC(=O)NC(C)C(=O)N1. The number of rotatable bonds is 3. The molecule has 1 aliphatic heterocycles. The molecule has 2 unspecified atom stereocenters. The number of carbonyl (C=O) groups excluding carboxylic acids is 3. The molecule has 8 heteroatoms. The summed E-state index contributed by atoms with van der Waals surface area (Å²) in [5, 5.41) is 5.34. The molecular weight excluding hydrogens is 400 g/mol. The van der Waals surface area contributed by atoms with Crippen LogP contribution in [-0.2, 0) is 32.0 Å². The lowest BCUT2D eigenvalue weighted by Crippen LogP contribution is -2.51. The van der Waals surface area contributed by atoms with E-state index >= 15 is 0 Å². The minimum absolute atomic E-state index is 0.0804. The Hall–Kier alpha value is -3.55. The molecule has 0 saturated carbocycles. The van der Waals surface area contributed by atoms with Crippen molar-refractivity contribution in [3.05, 3.63) is 47.5 Å². The fourth-order valence-corrected chi connectivity index (χ4v) is 3.58. The Morgan fingerprint density at radius 2 is 1.48 bits per heavy atom. The summed E-state index contributed by atoms with van der Waals surface area (Å²) in [6.45, 7) is 1.57. The fourth-order valence-electron chi connectivity index (χ4n) is 3.58. The van der Waals surface area contributed by atoms with Gasteiger partial charge in [-0.25, -0.2) is 4.79 Å². The van der Waals surface area contributed by atoms with Crippen molar-refractivity contribution in [3.63, 3.8) is 0 Å². The molecule has 4 bridgehead atoms. The van der Waals surface area contributed by atoms with E-state index in [1.165, 1.54) is 7.11 Å². The van der Waals surface area contributed by atoms with Gasteiger partial charge in [0.1, 0.15) is 23.6 Å². The first kappa shape index (κ1) is 22.1. The number of hydrogen-bond donors (Lipinski definition) is 2. The zero-order chi connectivity index (χ0) is 22.5. The van der Waals surface area contributed by atoms with Gasteiger partial charge in [0.25, 0.3) is 0 Å². The first-order chi connectivity index (χ1) is 14.9. The van der Waals surface area contributed by atoms with Gasteiger partial charge in [-0.1, -0.05) is 12.1 Å². The fraction of sp³-hybridized carbons (Fsp3) is 0.348. The molecule has 8 nitrogen and oxygen atoms in total. The second-order valence-electron chi connectivity index (χ2n) is 7.32. The zero-order valence-corrected chi connectivity index (χ0v) is 18.0. The van der Waals surface area contributed by atoms with Crippen LogP contribution in [0.3, 0.4) is 0 Å². The van der Waals surface area contributed by atoms with Crippen LogP contribution in [-0.4, -0.2) is 51.2 Å². The zero-order valence-electron chi connectivity index (χ0n) is 18.0. The van der Waals surface area contributed by atoms with E-state index in [0.717, 1.165) is 22.3 Å². The molecule has 164 valence electrons. The summed E-state index contributed by atoms with van der Waals surface area (Å²) in [5.41, 5.74) is 3.07. The van der Waals surface area contributed by atoms with Gasteiger partial charge in [0.15, 0.2) is 0 Å². The van der Waals surface area contributed by atoms with Gasteiger partial charge >= 0.3 is 5.97 Å². The normalized spacial score (nSPS) is 18.8. The minimum Gasteiger partial charge on any atom is -0.496 e. The Balaban J connectivity index is 2.17. The largest absolute Gasteiger partial charge is 0.496 e. The van der Waals surface area contributed by atoms with Gasteiger partial charge in [0.05, 0.1) is 27.8 Å². The second-order valence-corrected chi connectivity index (χ2v) is 7.32. The number of esters is 1. The van der Waals surface area contributed by atoms with E-state index < -0.39 is 24.0 Å². The third-order valence-corrected chi connectivity index (χ3v) is 5.20. The lowest BCUT2D eigenvalue weighted by Gasteiger charge is -2.22. The third kappa shape index (κ3) is 4.96. The van der Waals surface area contributed by atoms with Crippen LogP contribution in [0.2, 0.25) is 0 Å². The van der Waals surface area contributed by atoms with Crippen molar-refractivity contribution in [2.75, 3.05) is 21.3 Å². The number of fused-ring (bicyclic) bond motifs is 5. The van der Waals surface area contributed by atoms with Crippen LogP contribution in [0.5, 0.6) is 11.5 Å². The topological polar surface area (TPSA) is 103 Å². The van der Waals surface area contributed by atoms with Gasteiger partial charge in [0.2, 0.25) is 11.8 Å². The number of nitrogens with one attached hydrogen (secondary N) is 2. The predicted octanol–water partition coefficient (Wildman–Crippen LogP) is 1.63. The number of hydrogen-bond acceptors (Lipinski definition) is 6. The van der Waals surface area contributed by atoms with E-state index in [1.807, 2.05) is 24.3 Å². The van der Waals surface area contributed by atoms with Crippen LogP contribution in [0.4, 0.5) is 0 Å². The number of methoxy groups -OCH3 is 3. The molecular formula is C23H26N2O6. The molecule has 0 fully saturated rings. The van der Waals surface area contributed by atoms with E-state index in [2.05, 4.69) is 10.6 Å². The van der Waals surface area contributed by atoms with Crippen LogP contribution in [0.1, 0.15) is 18.1 Å². The molecule has 0 aromatic heterocycles. The minimum atomic E-state index is -0.908. The Morgan fingerprint density at radius 1 is 0.903 bits per heavy atom. The molecule has 2 aromatic carbocycles. The van der Waals surface area contributed by atoms with E-state index in [4.69, 9.17) is 14.2 Å². The molecule has 0 radical (unpaired) electrons. The van der Waals surface area contributed by atoms with Crippen LogP contribution < -0.4 is 20.1 Å². The Morgan fingerprint density at radius 3 is 2.06 bits per heavy atom. The average Bonchev–Trinajstić information content (AvgIpc) is 2.77. The summed E-state index contributed by atoms with van der Waals surface area (Å²) >= 11 is 0. The summed E-state index contributed by atoms with van der Waals surface area (Å²) in [6.07, 6.45) is 0.287. The lowest BCUT2D eigenvalue weighted by molar-refractivity contribution is -0.145. The van der Waals surface area contributed by atoms with Crippen LogP contribution in [0.15, 0.2) is 36.4 Å². The Labute approximate surface area is 180 Å². The average molecular weight is 426 g/mol. The first-order valence-corrected chi connectivity index (χ1v) is 9.88. The van der Waals surface area contributed by atoms with Crippen molar-refractivity contribution in [1.82, 2.24) is 10.6 Å². The summed E-state index contributed by atoms with van der Waals surface area (Å²) in [4.78, 5) is 37.4. The molecule has 2 N–H and O–H groups in total. The van der Waals surface area contributed by atoms with Crippen molar-refractivity contribution >= 4 is 17.8 Å². The summed E-state index contributed by atoms with van der Waals surface area (Å²) in [7, 11) is 4.41. The maximum atomic E-state index is 12.6. The van der Waals surface area contributed by atoms with Crippen molar-refractivity contribution in [2.45, 2.75) is 31.8 Å². The Bertz CT molecular complexity index is 1000. The molecule has 0 saturated heterocycles. The highest BCUT2D eigenvalue weighted by Gasteiger charge is 2.26. The van der Waals surface area contributed by atoms with Gasteiger partial charge in [-0.2, -0.15) is 0 Å². The smallest absolute Gasteiger partial charge is 0.328 e. The quantitative estimate of drug-likeness (QED) is 0.724. The summed E-state index contributed by atoms with van der Waals surface area (Å²) in [6, 6.07) is 9.27. The summed E-state index contributed by atoms with van der Waals surface area (Å²) < 4.78 is 15.9. The highest BCUT2D eigenvalue weighted by molar-refractivity contribution is 5.91. The maximum absolute atomic E-state index is 12.6. The molecule has 0 spiro atoms. The highest BCUT2D eigenvalue weighted by Crippen LogP contribution is 2.38. The second kappa shape index (κ2) is 9.51. The molecule has 0 aliphatic carbocycles. The van der Waals surface area contributed by atoms with Gasteiger partial charge in [-0.3, -0.25) is 9.59 Å². The molecule has 2 atom stereocenters.